The van der Waals surface area contributed by atoms with Crippen LogP contribution in [0.3, 0.4) is 0 Å². The zero-order valence-electron chi connectivity index (χ0n) is 10.9. The Morgan fingerprint density at radius 1 is 1.50 bits per heavy atom. The number of nitrogens with one attached hydrogen (secondary N) is 1. The van der Waals surface area contributed by atoms with Crippen molar-refractivity contribution in [3.05, 3.63) is 10.6 Å². The fourth-order valence-corrected chi connectivity index (χ4v) is 2.97. The SMILES string of the molecule is COC(=O)c1sc(NC2(C)CCOCC2)nc1C. The minimum absolute atomic E-state index is 0.00403. The van der Waals surface area contributed by atoms with E-state index in [1.807, 2.05) is 6.92 Å². The Bertz CT molecular complexity index is 439. The maximum Gasteiger partial charge on any atom is 0.350 e. The van der Waals surface area contributed by atoms with Crippen LogP contribution in [-0.2, 0) is 9.47 Å². The summed E-state index contributed by atoms with van der Waals surface area (Å²) in [6.07, 6.45) is 1.89. The van der Waals surface area contributed by atoms with Crippen LogP contribution < -0.4 is 5.32 Å². The van der Waals surface area contributed by atoms with Crippen molar-refractivity contribution in [1.29, 1.82) is 0 Å². The van der Waals surface area contributed by atoms with Crippen molar-refractivity contribution in [2.75, 3.05) is 25.6 Å². The smallest absolute Gasteiger partial charge is 0.350 e. The van der Waals surface area contributed by atoms with Crippen LogP contribution in [-0.4, -0.2) is 36.8 Å². The monoisotopic (exact) mass is 270 g/mol. The first-order valence-electron chi connectivity index (χ1n) is 5.96. The molecular formula is C12H18N2O3S. The highest BCUT2D eigenvalue weighted by molar-refractivity contribution is 7.17. The molecular weight excluding hydrogens is 252 g/mol. The molecule has 1 aliphatic rings. The first kappa shape index (κ1) is 13.3. The van der Waals surface area contributed by atoms with Gasteiger partial charge in [-0.15, -0.1) is 0 Å². The molecule has 6 heteroatoms. The Kier molecular flexibility index (Phi) is 3.87. The van der Waals surface area contributed by atoms with E-state index in [0.717, 1.165) is 31.2 Å². The van der Waals surface area contributed by atoms with Gasteiger partial charge in [0.1, 0.15) is 4.88 Å². The summed E-state index contributed by atoms with van der Waals surface area (Å²) in [6, 6.07) is 0. The molecule has 18 heavy (non-hydrogen) atoms. The average Bonchev–Trinajstić information content (AvgIpc) is 2.69. The highest BCUT2D eigenvalue weighted by Gasteiger charge is 2.28. The molecule has 1 aliphatic heterocycles. The van der Waals surface area contributed by atoms with Crippen molar-refractivity contribution in [3.63, 3.8) is 0 Å². The van der Waals surface area contributed by atoms with Gasteiger partial charge in [-0.1, -0.05) is 11.3 Å². The highest BCUT2D eigenvalue weighted by atomic mass is 32.1. The third-order valence-corrected chi connectivity index (χ3v) is 4.23. The van der Waals surface area contributed by atoms with Gasteiger partial charge in [0.2, 0.25) is 0 Å². The first-order chi connectivity index (χ1) is 8.54. The van der Waals surface area contributed by atoms with Crippen molar-refractivity contribution in [2.24, 2.45) is 0 Å². The Balaban J connectivity index is 2.12. The van der Waals surface area contributed by atoms with Gasteiger partial charge in [0.25, 0.3) is 0 Å². The summed E-state index contributed by atoms with van der Waals surface area (Å²) in [6.45, 7) is 5.50. The van der Waals surface area contributed by atoms with E-state index in [2.05, 4.69) is 17.2 Å². The third-order valence-electron chi connectivity index (χ3n) is 3.17. The largest absolute Gasteiger partial charge is 0.465 e. The number of anilines is 1. The predicted molar refractivity (Wildman–Crippen MR) is 70.3 cm³/mol. The van der Waals surface area contributed by atoms with Crippen LogP contribution in [0.4, 0.5) is 5.13 Å². The number of ether oxygens (including phenoxy) is 2. The second-order valence-corrected chi connectivity index (χ2v) is 5.72. The first-order valence-corrected chi connectivity index (χ1v) is 6.77. The van der Waals surface area contributed by atoms with Crippen LogP contribution in [0.15, 0.2) is 0 Å². The van der Waals surface area contributed by atoms with Gasteiger partial charge in [-0.25, -0.2) is 9.78 Å². The molecule has 1 aromatic heterocycles. The second-order valence-electron chi connectivity index (χ2n) is 4.72. The summed E-state index contributed by atoms with van der Waals surface area (Å²) >= 11 is 1.35. The van der Waals surface area contributed by atoms with Gasteiger partial charge < -0.3 is 14.8 Å². The Labute approximate surface area is 111 Å². The predicted octanol–water partition coefficient (Wildman–Crippen LogP) is 2.22. The Morgan fingerprint density at radius 2 is 2.17 bits per heavy atom. The van der Waals surface area contributed by atoms with Gasteiger partial charge in [-0.05, 0) is 26.7 Å². The van der Waals surface area contributed by atoms with E-state index < -0.39 is 0 Å². The van der Waals surface area contributed by atoms with Crippen molar-refractivity contribution in [1.82, 2.24) is 4.98 Å². The maximum absolute atomic E-state index is 11.5. The van der Waals surface area contributed by atoms with E-state index in [0.29, 0.717) is 10.6 Å². The number of thiazole rings is 1. The van der Waals surface area contributed by atoms with E-state index in [1.165, 1.54) is 18.4 Å². The lowest BCUT2D eigenvalue weighted by Gasteiger charge is -2.34. The van der Waals surface area contributed by atoms with E-state index in [1.54, 1.807) is 0 Å². The topological polar surface area (TPSA) is 60.5 Å². The number of carbonyl (C=O) groups excluding carboxylic acids is 1. The Hall–Kier alpha value is -1.14. The molecule has 0 saturated carbocycles. The van der Waals surface area contributed by atoms with E-state index >= 15 is 0 Å². The number of hydrogen-bond acceptors (Lipinski definition) is 6. The summed E-state index contributed by atoms with van der Waals surface area (Å²) in [5.74, 6) is -0.324. The molecule has 0 radical (unpaired) electrons. The number of esters is 1. The minimum atomic E-state index is -0.324. The number of nitrogens with zero attached hydrogens (tertiary/aromatic N) is 1. The molecule has 0 atom stereocenters. The number of aromatic nitrogens is 1. The zero-order valence-corrected chi connectivity index (χ0v) is 11.7. The Morgan fingerprint density at radius 3 is 2.78 bits per heavy atom. The van der Waals surface area contributed by atoms with Gasteiger partial charge >= 0.3 is 5.97 Å². The van der Waals surface area contributed by atoms with Crippen LogP contribution in [0, 0.1) is 6.92 Å². The lowest BCUT2D eigenvalue weighted by Crippen LogP contribution is -2.40. The van der Waals surface area contributed by atoms with Crippen LogP contribution >= 0.6 is 11.3 Å². The second kappa shape index (κ2) is 5.24. The summed E-state index contributed by atoms with van der Waals surface area (Å²) in [5.41, 5.74) is 0.709. The summed E-state index contributed by atoms with van der Waals surface area (Å²) in [7, 11) is 1.38. The number of methoxy groups -OCH3 is 1. The van der Waals surface area contributed by atoms with Gasteiger partial charge in [0, 0.05) is 18.8 Å². The van der Waals surface area contributed by atoms with Crippen LogP contribution in [0.1, 0.15) is 35.1 Å². The highest BCUT2D eigenvalue weighted by Crippen LogP contribution is 2.30. The lowest BCUT2D eigenvalue weighted by molar-refractivity contribution is 0.0605. The molecule has 5 nitrogen and oxygen atoms in total. The summed E-state index contributed by atoms with van der Waals surface area (Å²) in [5, 5.41) is 4.19. The standard InChI is InChI=1S/C12H18N2O3S/c1-8-9(10(15)16-3)18-11(13-8)14-12(2)4-6-17-7-5-12/h4-7H2,1-3H3,(H,13,14). The van der Waals surface area contributed by atoms with Gasteiger partial charge in [-0.2, -0.15) is 0 Å². The molecule has 0 aromatic carbocycles. The fourth-order valence-electron chi connectivity index (χ4n) is 1.94. The van der Waals surface area contributed by atoms with Crippen molar-refractivity contribution in [2.45, 2.75) is 32.2 Å². The van der Waals surface area contributed by atoms with E-state index in [4.69, 9.17) is 9.47 Å². The van der Waals surface area contributed by atoms with Gasteiger partial charge in [0.05, 0.1) is 12.8 Å². The van der Waals surface area contributed by atoms with Gasteiger partial charge in [-0.3, -0.25) is 0 Å². The normalized spacial score (nSPS) is 18.4. The molecule has 0 amide bonds. The lowest BCUT2D eigenvalue weighted by atomic mass is 9.93. The molecule has 1 aromatic rings. The van der Waals surface area contributed by atoms with Crippen molar-refractivity contribution >= 4 is 22.4 Å². The van der Waals surface area contributed by atoms with Crippen LogP contribution in [0.25, 0.3) is 0 Å². The number of rotatable bonds is 3. The minimum Gasteiger partial charge on any atom is -0.465 e. The molecule has 100 valence electrons. The number of aryl methyl sites for hydroxylation is 1. The molecule has 2 rings (SSSR count). The molecule has 0 aliphatic carbocycles. The van der Waals surface area contributed by atoms with E-state index in [-0.39, 0.29) is 11.5 Å². The van der Waals surface area contributed by atoms with Crippen molar-refractivity contribution in [3.8, 4) is 0 Å². The quantitative estimate of drug-likeness (QED) is 0.853. The summed E-state index contributed by atoms with van der Waals surface area (Å²) in [4.78, 5) is 16.5. The van der Waals surface area contributed by atoms with Gasteiger partial charge in [0.15, 0.2) is 5.13 Å². The van der Waals surface area contributed by atoms with Crippen LogP contribution in [0.2, 0.25) is 0 Å². The molecule has 0 spiro atoms. The molecule has 0 unspecified atom stereocenters. The summed E-state index contributed by atoms with van der Waals surface area (Å²) < 4.78 is 10.1. The molecule has 1 fully saturated rings. The average molecular weight is 270 g/mol. The maximum atomic E-state index is 11.5. The third kappa shape index (κ3) is 2.81. The number of carbonyl (C=O) groups is 1. The molecule has 2 heterocycles. The molecule has 1 saturated heterocycles. The zero-order chi connectivity index (χ0) is 13.2. The molecule has 1 N–H and O–H groups in total. The van der Waals surface area contributed by atoms with Crippen molar-refractivity contribution < 1.29 is 14.3 Å². The van der Waals surface area contributed by atoms with Crippen LogP contribution in [0.5, 0.6) is 0 Å². The fraction of sp³-hybridized carbons (Fsp3) is 0.667. The number of hydrogen-bond donors (Lipinski definition) is 1. The molecule has 0 bridgehead atoms. The van der Waals surface area contributed by atoms with E-state index in [9.17, 15) is 4.79 Å².